The number of hydrogen-bond donors (Lipinski definition) is 0. The maximum absolute atomic E-state index is 5.95. The van der Waals surface area contributed by atoms with E-state index in [9.17, 15) is 0 Å². The number of allylic oxidation sites excluding steroid dienone is 1. The van der Waals surface area contributed by atoms with E-state index in [0.717, 1.165) is 6.42 Å². The van der Waals surface area contributed by atoms with E-state index < -0.39 is 0 Å². The lowest BCUT2D eigenvalue weighted by atomic mass is 9.95. The molecular formula is C17H15O. The average Bonchev–Trinajstić information content (AvgIpc) is 2.46. The van der Waals surface area contributed by atoms with Crippen molar-refractivity contribution in [1.82, 2.24) is 0 Å². The Morgan fingerprint density at radius 1 is 1.00 bits per heavy atom. The van der Waals surface area contributed by atoms with Crippen LogP contribution in [0.25, 0.3) is 0 Å². The van der Waals surface area contributed by atoms with Crippen molar-refractivity contribution in [3.05, 3.63) is 83.4 Å². The summed E-state index contributed by atoms with van der Waals surface area (Å²) >= 11 is 0. The summed E-state index contributed by atoms with van der Waals surface area (Å²) < 4.78 is 5.95. The molecule has 1 radical (unpaired) electrons. The Hall–Kier alpha value is -1.86. The van der Waals surface area contributed by atoms with E-state index in [-0.39, 0.29) is 6.10 Å². The van der Waals surface area contributed by atoms with Crippen LogP contribution in [0.1, 0.15) is 22.8 Å². The smallest absolute Gasteiger partial charge is 0.108 e. The summed E-state index contributed by atoms with van der Waals surface area (Å²) in [5.74, 6) is 0. The SMILES string of the molecule is [C]1=CCc2ccccc2C1OCc1ccccc1. The number of fused-ring (bicyclic) bond motifs is 1. The molecule has 0 bridgehead atoms. The summed E-state index contributed by atoms with van der Waals surface area (Å²) in [5, 5.41) is 0. The number of ether oxygens (including phenoxy) is 1. The van der Waals surface area contributed by atoms with Gasteiger partial charge in [0.25, 0.3) is 0 Å². The van der Waals surface area contributed by atoms with Gasteiger partial charge in [0.05, 0.1) is 6.61 Å². The highest BCUT2D eigenvalue weighted by Gasteiger charge is 2.16. The number of rotatable bonds is 3. The van der Waals surface area contributed by atoms with Gasteiger partial charge < -0.3 is 4.74 Å². The second-order valence-corrected chi connectivity index (χ2v) is 4.45. The molecule has 2 aromatic rings. The van der Waals surface area contributed by atoms with Gasteiger partial charge in [-0.05, 0) is 29.2 Å². The predicted molar refractivity (Wildman–Crippen MR) is 71.9 cm³/mol. The summed E-state index contributed by atoms with van der Waals surface area (Å²) in [5.41, 5.74) is 3.78. The van der Waals surface area contributed by atoms with Gasteiger partial charge in [0, 0.05) is 0 Å². The zero-order chi connectivity index (χ0) is 12.2. The Labute approximate surface area is 108 Å². The fraction of sp³-hybridized carbons (Fsp3) is 0.176. The van der Waals surface area contributed by atoms with Crippen LogP contribution in [-0.4, -0.2) is 0 Å². The Kier molecular flexibility index (Phi) is 3.24. The van der Waals surface area contributed by atoms with E-state index in [4.69, 9.17) is 4.74 Å². The molecule has 0 aliphatic heterocycles. The van der Waals surface area contributed by atoms with Crippen molar-refractivity contribution in [2.45, 2.75) is 19.1 Å². The van der Waals surface area contributed by atoms with Crippen LogP contribution in [0.5, 0.6) is 0 Å². The molecule has 3 rings (SSSR count). The first kappa shape index (κ1) is 11.2. The molecule has 0 amide bonds. The molecule has 18 heavy (non-hydrogen) atoms. The Bertz CT molecular complexity index is 543. The summed E-state index contributed by atoms with van der Waals surface area (Å²) in [6.45, 7) is 0.626. The van der Waals surface area contributed by atoms with Crippen LogP contribution in [0.2, 0.25) is 0 Å². The molecule has 2 aromatic carbocycles. The molecule has 0 fully saturated rings. The lowest BCUT2D eigenvalue weighted by molar-refractivity contribution is 0.0652. The lowest BCUT2D eigenvalue weighted by Crippen LogP contribution is -2.09. The minimum atomic E-state index is -0.0323. The molecule has 0 N–H and O–H groups in total. The van der Waals surface area contributed by atoms with Gasteiger partial charge in [-0.2, -0.15) is 0 Å². The van der Waals surface area contributed by atoms with E-state index in [1.807, 2.05) is 18.2 Å². The van der Waals surface area contributed by atoms with Crippen molar-refractivity contribution in [1.29, 1.82) is 0 Å². The van der Waals surface area contributed by atoms with Gasteiger partial charge in [0.2, 0.25) is 0 Å². The number of hydrogen-bond acceptors (Lipinski definition) is 1. The molecule has 0 heterocycles. The summed E-state index contributed by atoms with van der Waals surface area (Å²) in [6, 6.07) is 18.7. The van der Waals surface area contributed by atoms with E-state index in [1.54, 1.807) is 0 Å². The topological polar surface area (TPSA) is 9.23 Å². The van der Waals surface area contributed by atoms with Crippen LogP contribution in [0.4, 0.5) is 0 Å². The molecule has 0 spiro atoms. The molecule has 1 atom stereocenters. The minimum absolute atomic E-state index is 0.0323. The second kappa shape index (κ2) is 5.19. The molecule has 1 aliphatic rings. The van der Waals surface area contributed by atoms with Crippen molar-refractivity contribution in [3.63, 3.8) is 0 Å². The third kappa shape index (κ3) is 2.36. The standard InChI is InChI=1S/C17H15O/c1-2-7-14(8-3-1)13-18-17-12-6-10-15-9-4-5-11-16(15)17/h1-9,11,17H,10,13H2. The average molecular weight is 235 g/mol. The van der Waals surface area contributed by atoms with Crippen molar-refractivity contribution >= 4 is 0 Å². The molecule has 89 valence electrons. The fourth-order valence-electron chi connectivity index (χ4n) is 2.23. The summed E-state index contributed by atoms with van der Waals surface area (Å²) in [4.78, 5) is 0. The van der Waals surface area contributed by atoms with Gasteiger partial charge in [-0.25, -0.2) is 0 Å². The van der Waals surface area contributed by atoms with Gasteiger partial charge in [-0.1, -0.05) is 60.7 Å². The third-order valence-corrected chi connectivity index (χ3v) is 3.19. The Morgan fingerprint density at radius 3 is 2.67 bits per heavy atom. The zero-order valence-electron chi connectivity index (χ0n) is 10.2. The highest BCUT2D eigenvalue weighted by Crippen LogP contribution is 2.27. The molecular weight excluding hydrogens is 220 g/mol. The van der Waals surface area contributed by atoms with E-state index in [1.165, 1.54) is 16.7 Å². The molecule has 1 heteroatoms. The van der Waals surface area contributed by atoms with Gasteiger partial charge in [-0.15, -0.1) is 0 Å². The normalized spacial score (nSPS) is 17.4. The van der Waals surface area contributed by atoms with Crippen molar-refractivity contribution < 1.29 is 4.74 Å². The molecule has 0 aromatic heterocycles. The van der Waals surface area contributed by atoms with Crippen molar-refractivity contribution in [3.8, 4) is 0 Å². The fourth-order valence-corrected chi connectivity index (χ4v) is 2.23. The second-order valence-electron chi connectivity index (χ2n) is 4.45. The first-order chi connectivity index (χ1) is 8.93. The molecule has 0 saturated heterocycles. The monoisotopic (exact) mass is 235 g/mol. The maximum atomic E-state index is 5.95. The Balaban J connectivity index is 1.74. The molecule has 1 nitrogen and oxygen atoms in total. The highest BCUT2D eigenvalue weighted by atomic mass is 16.5. The maximum Gasteiger partial charge on any atom is 0.108 e. The van der Waals surface area contributed by atoms with Gasteiger partial charge in [-0.3, -0.25) is 0 Å². The van der Waals surface area contributed by atoms with Crippen LogP contribution in [0, 0.1) is 6.08 Å². The molecule has 1 aliphatic carbocycles. The Morgan fingerprint density at radius 2 is 1.78 bits per heavy atom. The zero-order valence-corrected chi connectivity index (χ0v) is 10.2. The van der Waals surface area contributed by atoms with Crippen LogP contribution < -0.4 is 0 Å². The third-order valence-electron chi connectivity index (χ3n) is 3.19. The van der Waals surface area contributed by atoms with E-state index in [0.29, 0.717) is 6.61 Å². The quantitative estimate of drug-likeness (QED) is 0.785. The minimum Gasteiger partial charge on any atom is -0.364 e. The van der Waals surface area contributed by atoms with Crippen molar-refractivity contribution in [2.24, 2.45) is 0 Å². The van der Waals surface area contributed by atoms with Crippen LogP contribution in [-0.2, 0) is 17.8 Å². The van der Waals surface area contributed by atoms with E-state index in [2.05, 4.69) is 48.6 Å². The highest BCUT2D eigenvalue weighted by molar-refractivity contribution is 5.34. The van der Waals surface area contributed by atoms with Crippen LogP contribution >= 0.6 is 0 Å². The first-order valence-electron chi connectivity index (χ1n) is 6.24. The predicted octanol–water partition coefficient (Wildman–Crippen LogP) is 3.86. The van der Waals surface area contributed by atoms with Crippen LogP contribution in [0.15, 0.2) is 60.7 Å². The van der Waals surface area contributed by atoms with Crippen molar-refractivity contribution in [2.75, 3.05) is 0 Å². The van der Waals surface area contributed by atoms with Gasteiger partial charge in [0.15, 0.2) is 0 Å². The molecule has 0 saturated carbocycles. The van der Waals surface area contributed by atoms with Gasteiger partial charge in [0.1, 0.15) is 6.10 Å². The van der Waals surface area contributed by atoms with E-state index >= 15 is 0 Å². The lowest BCUT2D eigenvalue weighted by Gasteiger charge is -2.20. The number of benzene rings is 2. The van der Waals surface area contributed by atoms with Crippen LogP contribution in [0.3, 0.4) is 0 Å². The van der Waals surface area contributed by atoms with Gasteiger partial charge >= 0.3 is 0 Å². The largest absolute Gasteiger partial charge is 0.364 e. The first-order valence-corrected chi connectivity index (χ1v) is 6.24. The molecule has 1 unspecified atom stereocenters. The summed E-state index contributed by atoms with van der Waals surface area (Å²) in [7, 11) is 0. The summed E-state index contributed by atoms with van der Waals surface area (Å²) in [6.07, 6.45) is 6.29.